The zero-order valence-electron chi connectivity index (χ0n) is 11.0. The van der Waals surface area contributed by atoms with Crippen molar-refractivity contribution in [3.8, 4) is 5.75 Å². The lowest BCUT2D eigenvalue weighted by Gasteiger charge is -2.24. The van der Waals surface area contributed by atoms with Crippen LogP contribution in [0.2, 0.25) is 0 Å². The summed E-state index contributed by atoms with van der Waals surface area (Å²) in [5.41, 5.74) is 2.72. The van der Waals surface area contributed by atoms with Gasteiger partial charge >= 0.3 is 5.97 Å². The van der Waals surface area contributed by atoms with Crippen LogP contribution in [0.3, 0.4) is 0 Å². The van der Waals surface area contributed by atoms with E-state index < -0.39 is 12.1 Å². The minimum absolute atomic E-state index is 0.513. The largest absolute Gasteiger partial charge is 0.495 e. The highest BCUT2D eigenvalue weighted by Crippen LogP contribution is 2.40. The lowest BCUT2D eigenvalue weighted by atomic mass is 9.86. The van der Waals surface area contributed by atoms with Gasteiger partial charge in [-0.25, -0.2) is 4.79 Å². The molecule has 0 aliphatic heterocycles. The molecule has 0 aromatic heterocycles. The fraction of sp³-hybridized carbons (Fsp3) is 0.500. The van der Waals surface area contributed by atoms with E-state index in [4.69, 9.17) is 4.74 Å². The van der Waals surface area contributed by atoms with Gasteiger partial charge in [0.2, 0.25) is 0 Å². The SMILES string of the molecule is COC(=O)C(O)c1c2c(cc(Br)c1OC)CCCC2. The molecular formula is C14H17BrO4. The van der Waals surface area contributed by atoms with Gasteiger partial charge in [-0.15, -0.1) is 0 Å². The Hall–Kier alpha value is -1.07. The summed E-state index contributed by atoms with van der Waals surface area (Å²) >= 11 is 3.44. The topological polar surface area (TPSA) is 55.8 Å². The molecule has 0 amide bonds. The maximum absolute atomic E-state index is 11.6. The summed E-state index contributed by atoms with van der Waals surface area (Å²) in [6.07, 6.45) is 2.68. The van der Waals surface area contributed by atoms with E-state index in [1.54, 1.807) is 0 Å². The molecule has 1 aliphatic carbocycles. The fourth-order valence-electron chi connectivity index (χ4n) is 2.61. The van der Waals surface area contributed by atoms with Crippen LogP contribution in [0.15, 0.2) is 10.5 Å². The number of esters is 1. The predicted molar refractivity (Wildman–Crippen MR) is 74.3 cm³/mol. The average Bonchev–Trinajstić information content (AvgIpc) is 2.44. The van der Waals surface area contributed by atoms with Crippen LogP contribution in [0, 0.1) is 0 Å². The third-order valence-electron chi connectivity index (χ3n) is 3.50. The number of aliphatic hydroxyl groups excluding tert-OH is 1. The third-order valence-corrected chi connectivity index (χ3v) is 4.09. The molecule has 0 saturated heterocycles. The van der Waals surface area contributed by atoms with Crippen molar-refractivity contribution >= 4 is 21.9 Å². The van der Waals surface area contributed by atoms with E-state index in [0.717, 1.165) is 41.3 Å². The number of halogens is 1. The first-order valence-electron chi connectivity index (χ1n) is 6.24. The molecule has 0 saturated carbocycles. The number of aliphatic hydroxyl groups is 1. The number of aryl methyl sites for hydroxylation is 1. The zero-order valence-corrected chi connectivity index (χ0v) is 12.6. The Morgan fingerprint density at radius 2 is 2.05 bits per heavy atom. The van der Waals surface area contributed by atoms with Crippen LogP contribution in [0.5, 0.6) is 5.75 Å². The van der Waals surface area contributed by atoms with E-state index in [0.29, 0.717) is 11.3 Å². The Labute approximate surface area is 120 Å². The van der Waals surface area contributed by atoms with Gasteiger partial charge in [-0.1, -0.05) is 0 Å². The number of ether oxygens (including phenoxy) is 2. The highest BCUT2D eigenvalue weighted by Gasteiger charge is 2.29. The first kappa shape index (κ1) is 14.3. The first-order valence-corrected chi connectivity index (χ1v) is 7.03. The highest BCUT2D eigenvalue weighted by molar-refractivity contribution is 9.10. The van der Waals surface area contributed by atoms with Crippen molar-refractivity contribution in [3.63, 3.8) is 0 Å². The average molecular weight is 329 g/mol. The summed E-state index contributed by atoms with van der Waals surface area (Å²) in [5.74, 6) is -0.150. The van der Waals surface area contributed by atoms with Crippen LogP contribution in [-0.4, -0.2) is 25.3 Å². The molecule has 0 radical (unpaired) electrons. The van der Waals surface area contributed by atoms with Crippen molar-refractivity contribution in [2.45, 2.75) is 31.8 Å². The number of hydrogen-bond donors (Lipinski definition) is 1. The lowest BCUT2D eigenvalue weighted by Crippen LogP contribution is -2.19. The predicted octanol–water partition coefficient (Wildman–Crippen LogP) is 2.54. The summed E-state index contributed by atoms with van der Waals surface area (Å²) in [4.78, 5) is 11.6. The Morgan fingerprint density at radius 3 is 2.68 bits per heavy atom. The zero-order chi connectivity index (χ0) is 14.0. The molecule has 1 unspecified atom stereocenters. The molecule has 1 N–H and O–H groups in total. The van der Waals surface area contributed by atoms with Crippen molar-refractivity contribution in [2.24, 2.45) is 0 Å². The molecule has 1 aromatic rings. The van der Waals surface area contributed by atoms with Gasteiger partial charge < -0.3 is 14.6 Å². The van der Waals surface area contributed by atoms with Gasteiger partial charge in [0.05, 0.1) is 18.7 Å². The normalized spacial score (nSPS) is 15.6. The molecule has 1 aliphatic rings. The second-order valence-corrected chi connectivity index (χ2v) is 5.43. The molecule has 0 heterocycles. The highest BCUT2D eigenvalue weighted by atomic mass is 79.9. The summed E-state index contributed by atoms with van der Waals surface area (Å²) in [5, 5.41) is 10.2. The van der Waals surface area contributed by atoms with Crippen molar-refractivity contribution in [3.05, 3.63) is 27.2 Å². The number of carbonyl (C=O) groups excluding carboxylic acids is 1. The first-order chi connectivity index (χ1) is 9.10. The van der Waals surface area contributed by atoms with Gasteiger partial charge in [0.25, 0.3) is 0 Å². The summed E-state index contributed by atoms with van der Waals surface area (Å²) in [6.45, 7) is 0. The van der Waals surface area contributed by atoms with Gasteiger partial charge in [0.15, 0.2) is 6.10 Å². The molecular weight excluding hydrogens is 312 g/mol. The Kier molecular flexibility index (Phi) is 4.47. The van der Waals surface area contributed by atoms with E-state index in [1.807, 2.05) is 6.07 Å². The Balaban J connectivity index is 2.60. The van der Waals surface area contributed by atoms with Crippen LogP contribution in [-0.2, 0) is 22.4 Å². The maximum atomic E-state index is 11.6. The minimum Gasteiger partial charge on any atom is -0.495 e. The number of hydrogen-bond acceptors (Lipinski definition) is 4. The molecule has 5 heteroatoms. The van der Waals surface area contributed by atoms with E-state index in [-0.39, 0.29) is 0 Å². The van der Waals surface area contributed by atoms with Crippen LogP contribution < -0.4 is 4.74 Å². The van der Waals surface area contributed by atoms with E-state index in [9.17, 15) is 9.90 Å². The number of rotatable bonds is 3. The lowest BCUT2D eigenvalue weighted by molar-refractivity contribution is -0.150. The number of methoxy groups -OCH3 is 2. The van der Waals surface area contributed by atoms with Gasteiger partial charge in [-0.2, -0.15) is 0 Å². The van der Waals surface area contributed by atoms with E-state index >= 15 is 0 Å². The summed E-state index contributed by atoms with van der Waals surface area (Å²) in [6, 6.07) is 2.01. The van der Waals surface area contributed by atoms with Crippen LogP contribution in [0.25, 0.3) is 0 Å². The Morgan fingerprint density at radius 1 is 1.37 bits per heavy atom. The third kappa shape index (κ3) is 2.62. The van der Waals surface area contributed by atoms with Crippen molar-refractivity contribution in [2.75, 3.05) is 14.2 Å². The second-order valence-electron chi connectivity index (χ2n) is 4.58. The molecule has 2 rings (SSSR count). The summed E-state index contributed by atoms with van der Waals surface area (Å²) in [7, 11) is 2.80. The molecule has 0 spiro atoms. The minimum atomic E-state index is -1.30. The smallest absolute Gasteiger partial charge is 0.339 e. The molecule has 0 fully saturated rings. The monoisotopic (exact) mass is 328 g/mol. The Bertz CT molecular complexity index is 499. The van der Waals surface area contributed by atoms with Crippen LogP contribution in [0.1, 0.15) is 35.6 Å². The van der Waals surface area contributed by atoms with Crippen molar-refractivity contribution < 1.29 is 19.4 Å². The number of carbonyl (C=O) groups is 1. The molecule has 1 atom stereocenters. The summed E-state index contributed by atoms with van der Waals surface area (Å²) < 4.78 is 10.7. The maximum Gasteiger partial charge on any atom is 0.339 e. The van der Waals surface area contributed by atoms with Crippen molar-refractivity contribution in [1.29, 1.82) is 0 Å². The standard InChI is InChI=1S/C14H17BrO4/c1-18-13-10(15)7-8-5-3-4-6-9(8)11(13)12(16)14(17)19-2/h7,12,16H,3-6H2,1-2H3. The van der Waals surface area contributed by atoms with Gasteiger partial charge in [-0.3, -0.25) is 0 Å². The molecule has 4 nitrogen and oxygen atoms in total. The van der Waals surface area contributed by atoms with Gasteiger partial charge in [0, 0.05) is 5.56 Å². The second kappa shape index (κ2) is 5.92. The number of fused-ring (bicyclic) bond motifs is 1. The fourth-order valence-corrected chi connectivity index (χ4v) is 3.26. The molecule has 19 heavy (non-hydrogen) atoms. The number of benzene rings is 1. The van der Waals surface area contributed by atoms with Crippen molar-refractivity contribution in [1.82, 2.24) is 0 Å². The molecule has 1 aromatic carbocycles. The molecule has 0 bridgehead atoms. The van der Waals surface area contributed by atoms with E-state index in [1.165, 1.54) is 14.2 Å². The van der Waals surface area contributed by atoms with Gasteiger partial charge in [0.1, 0.15) is 5.75 Å². The molecule has 104 valence electrons. The van der Waals surface area contributed by atoms with Crippen LogP contribution >= 0.6 is 15.9 Å². The quantitative estimate of drug-likeness (QED) is 0.866. The van der Waals surface area contributed by atoms with Gasteiger partial charge in [-0.05, 0) is 58.8 Å². The van der Waals surface area contributed by atoms with E-state index in [2.05, 4.69) is 20.7 Å². The van der Waals surface area contributed by atoms with Crippen LogP contribution in [0.4, 0.5) is 0 Å².